The van der Waals surface area contributed by atoms with Crippen LogP contribution in [-0.4, -0.2) is 51.7 Å². The van der Waals surface area contributed by atoms with Crippen molar-refractivity contribution in [1.82, 2.24) is 19.9 Å². The van der Waals surface area contributed by atoms with Crippen molar-refractivity contribution in [2.75, 3.05) is 20.2 Å². The molecule has 4 aromatic rings. The Bertz CT molecular complexity index is 1480. The number of H-pyrrole nitrogens is 1. The van der Waals surface area contributed by atoms with Gasteiger partial charge in [0.25, 0.3) is 11.7 Å². The van der Waals surface area contributed by atoms with E-state index in [1.165, 1.54) is 30.8 Å². The van der Waals surface area contributed by atoms with Gasteiger partial charge in [-0.3, -0.25) is 14.6 Å². The van der Waals surface area contributed by atoms with Crippen LogP contribution in [0.3, 0.4) is 0 Å². The minimum atomic E-state index is -0.617. The van der Waals surface area contributed by atoms with E-state index in [4.69, 9.17) is 4.74 Å². The quantitative estimate of drug-likeness (QED) is 0.157. The van der Waals surface area contributed by atoms with Gasteiger partial charge >= 0.3 is 0 Å². The summed E-state index contributed by atoms with van der Waals surface area (Å²) in [5.74, 6) is -0.799. The molecule has 0 unspecified atom stereocenters. The van der Waals surface area contributed by atoms with Crippen LogP contribution in [0.25, 0.3) is 27.2 Å². The Labute approximate surface area is 244 Å². The van der Waals surface area contributed by atoms with Crippen LogP contribution < -0.4 is 4.74 Å². The van der Waals surface area contributed by atoms with E-state index in [9.17, 15) is 14.9 Å². The topological polar surface area (TPSA) is 112 Å². The van der Waals surface area contributed by atoms with Gasteiger partial charge in [-0.2, -0.15) is 10.6 Å². The Morgan fingerprint density at radius 1 is 1.19 bits per heavy atom. The van der Waals surface area contributed by atoms with Crippen LogP contribution in [0, 0.1) is 24.1 Å². The number of hydrogen-bond donors (Lipinski definition) is 1. The first-order valence-electron chi connectivity index (χ1n) is 11.0. The molecule has 185 valence electrons. The van der Waals surface area contributed by atoms with Crippen LogP contribution in [0.2, 0.25) is 0 Å². The molecule has 0 bridgehead atoms. The van der Waals surface area contributed by atoms with Crippen LogP contribution in [0.5, 0.6) is 5.75 Å². The Morgan fingerprint density at radius 2 is 1.92 bits per heavy atom. The Morgan fingerprint density at radius 3 is 2.54 bits per heavy atom. The standard InChI is InChI=1S/C26H20N5O3S.CH3.Y/c1-34-20-15-30-23(25-28-9-12-35-25)22-21(20)19(14-29-22)24(32)26(33)31-10-7-17(8-11-31)18(13-27)16-5-3-2-4-6-16;;/h2-6,9,14-15,29H,7-8,10-11H2,1H3;1H3;/q2*-1;. The maximum atomic E-state index is 13.3. The van der Waals surface area contributed by atoms with Crippen LogP contribution in [0.15, 0.2) is 54.5 Å². The van der Waals surface area contributed by atoms with Crippen molar-refractivity contribution in [2.24, 2.45) is 0 Å². The fourth-order valence-corrected chi connectivity index (χ4v) is 4.93. The number of thiazole rings is 1. The number of likely N-dealkylation sites (tertiary alicyclic amines) is 1. The fraction of sp³-hybridized carbons (Fsp3) is 0.185. The number of methoxy groups -OCH3 is 1. The molecular formula is C27H23N5O3SY-2. The number of nitriles is 1. The number of piperidine rings is 1. The Balaban J connectivity index is 0.00000190. The van der Waals surface area contributed by atoms with Gasteiger partial charge in [-0.05, 0) is 29.0 Å². The number of pyridine rings is 1. The van der Waals surface area contributed by atoms with Gasteiger partial charge in [0.1, 0.15) is 5.75 Å². The third kappa shape index (κ3) is 5.42. The molecule has 0 spiro atoms. The van der Waals surface area contributed by atoms with Gasteiger partial charge in [0.05, 0.1) is 41.4 Å². The zero-order valence-corrected chi connectivity index (χ0v) is 24.1. The molecule has 1 aliphatic heterocycles. The fourth-order valence-electron chi connectivity index (χ4n) is 4.36. The SMILES string of the molecule is COc1cnc(-c2nc[c-]s2)c2[nH]cc(C(=O)C(=O)N3CCC(=C(C#N)c4ccccc4)CC3)c12.[CH3-].[Y]. The van der Waals surface area contributed by atoms with Crippen molar-refractivity contribution in [2.45, 2.75) is 12.8 Å². The maximum absolute atomic E-state index is 13.3. The molecule has 1 N–H and O–H groups in total. The number of allylic oxidation sites excluding steroid dienone is 1. The van der Waals surface area contributed by atoms with Gasteiger partial charge in [-0.15, -0.1) is 0 Å². The summed E-state index contributed by atoms with van der Waals surface area (Å²) in [4.78, 5) is 39.8. The molecule has 4 heterocycles. The maximum Gasteiger partial charge on any atom is 0.295 e. The van der Waals surface area contributed by atoms with Gasteiger partial charge in [-0.1, -0.05) is 36.5 Å². The number of aromatic nitrogens is 3. The average molecular weight is 586 g/mol. The number of nitrogens with one attached hydrogen (secondary N) is 1. The summed E-state index contributed by atoms with van der Waals surface area (Å²) in [6, 6.07) is 11.8. The van der Waals surface area contributed by atoms with Crippen molar-refractivity contribution in [3.05, 3.63) is 78.4 Å². The summed E-state index contributed by atoms with van der Waals surface area (Å²) in [5, 5.41) is 13.8. The number of hydrogen-bond acceptors (Lipinski definition) is 7. The van der Waals surface area contributed by atoms with Gasteiger partial charge in [0.2, 0.25) is 0 Å². The van der Waals surface area contributed by atoms with Crippen LogP contribution in [-0.2, 0) is 37.5 Å². The normalized spacial score (nSPS) is 12.8. The molecule has 0 atom stereocenters. The van der Waals surface area contributed by atoms with Gasteiger partial charge in [0.15, 0.2) is 0 Å². The number of fused-ring (bicyclic) bond motifs is 1. The van der Waals surface area contributed by atoms with Crippen LogP contribution in [0.1, 0.15) is 28.8 Å². The number of nitrogens with zero attached hydrogens (tertiary/aromatic N) is 4. The second-order valence-electron chi connectivity index (χ2n) is 7.99. The molecule has 1 saturated heterocycles. The predicted molar refractivity (Wildman–Crippen MR) is 138 cm³/mol. The zero-order valence-electron chi connectivity index (χ0n) is 20.4. The summed E-state index contributed by atoms with van der Waals surface area (Å²) >= 11 is 1.31. The number of rotatable bonds is 5. The molecule has 8 nitrogen and oxygen atoms in total. The first kappa shape index (κ1) is 28.4. The first-order valence-corrected chi connectivity index (χ1v) is 11.8. The molecule has 1 radical (unpaired) electrons. The molecule has 3 aromatic heterocycles. The summed E-state index contributed by atoms with van der Waals surface area (Å²) < 4.78 is 5.45. The monoisotopic (exact) mass is 586 g/mol. The zero-order chi connectivity index (χ0) is 24.4. The van der Waals surface area contributed by atoms with E-state index in [2.05, 4.69) is 26.4 Å². The second kappa shape index (κ2) is 12.4. The minimum Gasteiger partial charge on any atom is -0.494 e. The number of Topliss-reactive ketones (excluding diaryl/α,β-unsaturated/α-hetero) is 1. The van der Waals surface area contributed by atoms with Crippen molar-refractivity contribution >= 4 is 39.5 Å². The molecule has 0 saturated carbocycles. The van der Waals surface area contributed by atoms with E-state index in [0.29, 0.717) is 58.9 Å². The Kier molecular flexibility index (Phi) is 9.49. The van der Waals surface area contributed by atoms with E-state index >= 15 is 0 Å². The first-order chi connectivity index (χ1) is 17.1. The molecule has 1 aromatic carbocycles. The molecular weight excluding hydrogens is 563 g/mol. The van der Waals surface area contributed by atoms with E-state index in [1.54, 1.807) is 11.1 Å². The smallest absolute Gasteiger partial charge is 0.295 e. The number of aromatic amines is 1. The van der Waals surface area contributed by atoms with Gasteiger partial charge in [0, 0.05) is 57.7 Å². The number of benzene rings is 1. The molecule has 1 aliphatic rings. The molecule has 37 heavy (non-hydrogen) atoms. The summed E-state index contributed by atoms with van der Waals surface area (Å²) in [6.07, 6.45) is 5.70. The van der Waals surface area contributed by atoms with Crippen molar-refractivity contribution in [3.63, 3.8) is 0 Å². The summed E-state index contributed by atoms with van der Waals surface area (Å²) in [6.45, 7) is 0.748. The third-order valence-corrected chi connectivity index (χ3v) is 6.82. The minimum absolute atomic E-state index is 0. The average Bonchev–Trinajstić information content (AvgIpc) is 3.60. The molecule has 5 rings (SSSR count). The number of carbonyl (C=O) groups excluding carboxylic acids is 2. The predicted octanol–water partition coefficient (Wildman–Crippen LogP) is 4.73. The van der Waals surface area contributed by atoms with Gasteiger partial charge < -0.3 is 38.4 Å². The number of carbonyl (C=O) groups is 2. The van der Waals surface area contributed by atoms with E-state index in [-0.39, 0.29) is 45.7 Å². The number of amides is 1. The van der Waals surface area contributed by atoms with Crippen molar-refractivity contribution in [1.29, 1.82) is 5.26 Å². The van der Waals surface area contributed by atoms with Crippen molar-refractivity contribution in [3.8, 4) is 22.5 Å². The summed E-state index contributed by atoms with van der Waals surface area (Å²) in [5.41, 5.74) is 3.89. The molecule has 10 heteroatoms. The van der Waals surface area contributed by atoms with Gasteiger partial charge in [-0.25, -0.2) is 0 Å². The van der Waals surface area contributed by atoms with E-state index in [0.717, 1.165) is 11.1 Å². The molecule has 0 aliphatic carbocycles. The van der Waals surface area contributed by atoms with Crippen LogP contribution >= 0.6 is 11.3 Å². The summed E-state index contributed by atoms with van der Waals surface area (Å²) in [7, 11) is 1.49. The number of ether oxygens (including phenoxy) is 1. The van der Waals surface area contributed by atoms with Crippen LogP contribution in [0.4, 0.5) is 0 Å². The molecule has 1 amide bonds. The Hall–Kier alpha value is -3.19. The van der Waals surface area contributed by atoms with Crippen molar-refractivity contribution < 1.29 is 47.0 Å². The number of ketones is 1. The van der Waals surface area contributed by atoms with E-state index < -0.39 is 11.7 Å². The van der Waals surface area contributed by atoms with E-state index in [1.807, 2.05) is 30.3 Å². The largest absolute Gasteiger partial charge is 0.494 e. The third-order valence-electron chi connectivity index (χ3n) is 6.11. The molecule has 1 fully saturated rings. The second-order valence-corrected chi connectivity index (χ2v) is 8.82.